The second-order valence-electron chi connectivity index (χ2n) is 7.96. The van der Waals surface area contributed by atoms with Crippen molar-refractivity contribution >= 4 is 29.2 Å². The molecule has 0 aromatic heterocycles. The molecular formula is C21H25ClN2O6. The van der Waals surface area contributed by atoms with Gasteiger partial charge in [0.2, 0.25) is 11.8 Å². The number of hydrogen-bond donors (Lipinski definition) is 1. The van der Waals surface area contributed by atoms with E-state index in [0.717, 1.165) is 0 Å². The summed E-state index contributed by atoms with van der Waals surface area (Å²) in [5.74, 6) is 0.113. The van der Waals surface area contributed by atoms with Crippen LogP contribution in [0, 0.1) is 0 Å². The minimum atomic E-state index is -0.730. The fourth-order valence-electron chi connectivity index (χ4n) is 4.10. The molecule has 30 heavy (non-hydrogen) atoms. The summed E-state index contributed by atoms with van der Waals surface area (Å²) >= 11 is 6.00. The molecule has 9 heteroatoms. The Kier molecular flexibility index (Phi) is 6.26. The zero-order valence-corrected chi connectivity index (χ0v) is 17.4. The van der Waals surface area contributed by atoms with Crippen LogP contribution in [0.2, 0.25) is 5.02 Å². The molecule has 4 rings (SSSR count). The molecule has 1 spiro atoms. The smallest absolute Gasteiger partial charge is 0.239 e. The number of carbonyl (C=O) groups is 3. The minimum absolute atomic E-state index is 0.0252. The molecule has 2 atom stereocenters. The summed E-state index contributed by atoms with van der Waals surface area (Å²) in [4.78, 5) is 39.1. The summed E-state index contributed by atoms with van der Waals surface area (Å²) in [6.45, 7) is 2.21. The van der Waals surface area contributed by atoms with Crippen LogP contribution in [0.5, 0.6) is 5.75 Å². The summed E-state index contributed by atoms with van der Waals surface area (Å²) < 4.78 is 17.0. The number of hydrogen-bond acceptors (Lipinski definition) is 6. The van der Waals surface area contributed by atoms with Crippen molar-refractivity contribution in [2.75, 3.05) is 39.5 Å². The highest BCUT2D eigenvalue weighted by Crippen LogP contribution is 2.40. The third-order valence-corrected chi connectivity index (χ3v) is 6.02. The van der Waals surface area contributed by atoms with Crippen LogP contribution in [0.15, 0.2) is 18.2 Å². The zero-order chi connectivity index (χ0) is 21.1. The average molecular weight is 437 g/mol. The molecule has 2 fully saturated rings. The molecular weight excluding hydrogens is 412 g/mol. The number of ether oxygens (including phenoxy) is 3. The highest BCUT2D eigenvalue weighted by Gasteiger charge is 2.43. The zero-order valence-electron chi connectivity index (χ0n) is 16.7. The molecule has 0 aliphatic carbocycles. The van der Waals surface area contributed by atoms with Gasteiger partial charge in [-0.2, -0.15) is 0 Å². The van der Waals surface area contributed by atoms with Gasteiger partial charge >= 0.3 is 0 Å². The second-order valence-corrected chi connectivity index (χ2v) is 8.40. The molecule has 3 aliphatic heterocycles. The predicted octanol–water partition coefficient (Wildman–Crippen LogP) is 1.59. The third kappa shape index (κ3) is 4.77. The van der Waals surface area contributed by atoms with Crippen LogP contribution in [-0.2, 0) is 19.1 Å². The Hall–Kier alpha value is -2.16. The van der Waals surface area contributed by atoms with Gasteiger partial charge in [0, 0.05) is 31.0 Å². The summed E-state index contributed by atoms with van der Waals surface area (Å²) in [6, 6.07) is 5.00. The van der Waals surface area contributed by atoms with E-state index in [1.807, 2.05) is 0 Å². The topological polar surface area (TPSA) is 94.2 Å². The lowest BCUT2D eigenvalue weighted by molar-refractivity contribution is -0.136. The van der Waals surface area contributed by atoms with E-state index in [4.69, 9.17) is 25.8 Å². The SMILES string of the molecule is O=C(CN1CCC2(CCC1=O)CC(=O)c1cc(Cl)ccc1O2)NCC1COCCO1. The van der Waals surface area contributed by atoms with Gasteiger partial charge in [0.15, 0.2) is 5.78 Å². The van der Waals surface area contributed by atoms with E-state index in [9.17, 15) is 14.4 Å². The van der Waals surface area contributed by atoms with E-state index in [2.05, 4.69) is 5.32 Å². The van der Waals surface area contributed by atoms with Crippen molar-refractivity contribution in [1.29, 1.82) is 0 Å². The molecule has 3 heterocycles. The number of fused-ring (bicyclic) bond motifs is 1. The lowest BCUT2D eigenvalue weighted by Crippen LogP contribution is -2.45. The maximum atomic E-state index is 12.7. The van der Waals surface area contributed by atoms with Gasteiger partial charge in [0.25, 0.3) is 0 Å². The lowest BCUT2D eigenvalue weighted by Gasteiger charge is -2.37. The fourth-order valence-corrected chi connectivity index (χ4v) is 4.28. The van der Waals surface area contributed by atoms with Crippen molar-refractivity contribution in [3.63, 3.8) is 0 Å². The molecule has 1 N–H and O–H groups in total. The van der Waals surface area contributed by atoms with Crippen molar-refractivity contribution in [1.82, 2.24) is 10.2 Å². The van der Waals surface area contributed by atoms with Gasteiger partial charge in [0.05, 0.1) is 44.5 Å². The minimum Gasteiger partial charge on any atom is -0.486 e. The Balaban J connectivity index is 1.35. The molecule has 1 aromatic rings. The number of rotatable bonds is 4. The summed E-state index contributed by atoms with van der Waals surface area (Å²) in [6.07, 6.45) is 1.18. The first kappa shape index (κ1) is 21.1. The Labute approximate surface area is 179 Å². The Morgan fingerprint density at radius 2 is 2.13 bits per heavy atom. The van der Waals surface area contributed by atoms with Gasteiger partial charge in [-0.1, -0.05) is 11.6 Å². The van der Waals surface area contributed by atoms with Crippen LogP contribution in [0.25, 0.3) is 0 Å². The van der Waals surface area contributed by atoms with Gasteiger partial charge in [-0.15, -0.1) is 0 Å². The van der Waals surface area contributed by atoms with Crippen molar-refractivity contribution < 1.29 is 28.6 Å². The van der Waals surface area contributed by atoms with Crippen LogP contribution in [0.4, 0.5) is 0 Å². The normalized spacial score (nSPS) is 26.7. The van der Waals surface area contributed by atoms with Crippen LogP contribution in [-0.4, -0.2) is 73.7 Å². The van der Waals surface area contributed by atoms with Crippen LogP contribution >= 0.6 is 11.6 Å². The van der Waals surface area contributed by atoms with Crippen molar-refractivity contribution in [2.45, 2.75) is 37.4 Å². The molecule has 3 aliphatic rings. The Bertz CT molecular complexity index is 841. The fraction of sp³-hybridized carbons (Fsp3) is 0.571. The molecule has 0 bridgehead atoms. The molecule has 8 nitrogen and oxygen atoms in total. The maximum Gasteiger partial charge on any atom is 0.239 e. The first-order valence-electron chi connectivity index (χ1n) is 10.2. The van der Waals surface area contributed by atoms with Gasteiger partial charge in [-0.25, -0.2) is 0 Å². The van der Waals surface area contributed by atoms with Crippen LogP contribution in [0.1, 0.15) is 36.0 Å². The predicted molar refractivity (Wildman–Crippen MR) is 108 cm³/mol. The molecule has 0 saturated carbocycles. The van der Waals surface area contributed by atoms with E-state index >= 15 is 0 Å². The van der Waals surface area contributed by atoms with Crippen molar-refractivity contribution in [3.05, 3.63) is 28.8 Å². The van der Waals surface area contributed by atoms with Gasteiger partial charge in [-0.3, -0.25) is 14.4 Å². The summed E-state index contributed by atoms with van der Waals surface area (Å²) in [5, 5.41) is 3.29. The first-order valence-corrected chi connectivity index (χ1v) is 10.6. The highest BCUT2D eigenvalue weighted by atomic mass is 35.5. The summed E-state index contributed by atoms with van der Waals surface area (Å²) in [7, 11) is 0. The van der Waals surface area contributed by atoms with E-state index in [-0.39, 0.29) is 43.1 Å². The Morgan fingerprint density at radius 3 is 2.93 bits per heavy atom. The number of amides is 2. The number of likely N-dealkylation sites (tertiary alicyclic amines) is 1. The van der Waals surface area contributed by atoms with E-state index in [1.165, 1.54) is 4.90 Å². The standard InChI is InChI=1S/C21H25ClN2O6/c22-14-1-2-18-16(9-14)17(25)10-21(30-18)4-3-20(27)24(6-5-21)12-19(26)23-11-15-13-28-7-8-29-15/h1-2,9,15H,3-8,10-13H2,(H,23,26). The molecule has 0 radical (unpaired) electrons. The molecule has 2 amide bonds. The molecule has 1 aromatic carbocycles. The number of benzene rings is 1. The monoisotopic (exact) mass is 436 g/mol. The van der Waals surface area contributed by atoms with Gasteiger partial charge < -0.3 is 24.4 Å². The number of ketones is 1. The highest BCUT2D eigenvalue weighted by molar-refractivity contribution is 6.31. The quantitative estimate of drug-likeness (QED) is 0.770. The molecule has 2 saturated heterocycles. The second kappa shape index (κ2) is 8.91. The summed E-state index contributed by atoms with van der Waals surface area (Å²) in [5.41, 5.74) is -0.250. The van der Waals surface area contributed by atoms with E-state index < -0.39 is 5.60 Å². The van der Waals surface area contributed by atoms with E-state index in [0.29, 0.717) is 62.1 Å². The average Bonchev–Trinajstić information content (AvgIpc) is 2.88. The van der Waals surface area contributed by atoms with Crippen molar-refractivity contribution in [2.24, 2.45) is 0 Å². The van der Waals surface area contributed by atoms with Crippen molar-refractivity contribution in [3.8, 4) is 5.75 Å². The Morgan fingerprint density at radius 1 is 1.27 bits per heavy atom. The van der Waals surface area contributed by atoms with Gasteiger partial charge in [0.1, 0.15) is 11.4 Å². The molecule has 162 valence electrons. The maximum absolute atomic E-state index is 12.7. The van der Waals surface area contributed by atoms with E-state index in [1.54, 1.807) is 18.2 Å². The van der Waals surface area contributed by atoms with Crippen LogP contribution in [0.3, 0.4) is 0 Å². The number of nitrogens with one attached hydrogen (secondary N) is 1. The number of carbonyl (C=O) groups excluding carboxylic acids is 3. The number of nitrogens with zero attached hydrogens (tertiary/aromatic N) is 1. The molecule has 2 unspecified atom stereocenters. The number of halogens is 1. The third-order valence-electron chi connectivity index (χ3n) is 5.78. The number of Topliss-reactive ketones (excluding diaryl/α,β-unsaturated/α-hetero) is 1. The lowest BCUT2D eigenvalue weighted by atomic mass is 9.84. The van der Waals surface area contributed by atoms with Gasteiger partial charge in [-0.05, 0) is 24.6 Å². The van der Waals surface area contributed by atoms with Crippen LogP contribution < -0.4 is 10.1 Å². The largest absolute Gasteiger partial charge is 0.486 e. The first-order chi connectivity index (χ1) is 14.4.